The molecule has 0 bridgehead atoms. The Morgan fingerprint density at radius 2 is 1.33 bits per heavy atom. The molecule has 3 aromatic carbocycles. The van der Waals surface area contributed by atoms with Gasteiger partial charge >= 0.3 is 0 Å². The molecule has 3 rings (SSSR count). The molecule has 0 saturated heterocycles. The van der Waals surface area contributed by atoms with Gasteiger partial charge in [0.05, 0.1) is 0 Å². The number of carbonyl (C=O) groups excluding carboxylic acids is 3. The van der Waals surface area contributed by atoms with E-state index in [1.807, 2.05) is 32.0 Å². The molecular weight excluding hydrogens is 433 g/mol. The van der Waals surface area contributed by atoms with Crippen LogP contribution in [-0.2, 0) is 20.6 Å². The maximum absolute atomic E-state index is 14.6. The van der Waals surface area contributed by atoms with Gasteiger partial charge in [0.2, 0.25) is 18.4 Å². The van der Waals surface area contributed by atoms with Gasteiger partial charge in [0, 0.05) is 29.1 Å². The molecule has 0 aliphatic rings. The molecule has 3 aromatic rings. The summed E-state index contributed by atoms with van der Waals surface area (Å²) in [6, 6.07) is 19.4. The zero-order valence-corrected chi connectivity index (χ0v) is 20.2. The summed E-state index contributed by atoms with van der Waals surface area (Å²) in [5.41, 5.74) is 2.58. The second-order valence-electron chi connectivity index (χ2n) is 8.03. The van der Waals surface area contributed by atoms with Crippen molar-refractivity contribution in [2.24, 2.45) is 0 Å². The van der Waals surface area contributed by atoms with Gasteiger partial charge in [-0.15, -0.1) is 0 Å². The Labute approximate surface area is 194 Å². The Bertz CT molecular complexity index is 1210. The average molecular weight is 461 g/mol. The number of carbonyl (C=O) groups is 3. The van der Waals surface area contributed by atoms with Crippen LogP contribution >= 0.6 is 7.14 Å². The minimum absolute atomic E-state index is 0.120. The van der Waals surface area contributed by atoms with Gasteiger partial charge in [-0.25, -0.2) is 0 Å². The molecule has 1 amide bonds. The summed E-state index contributed by atoms with van der Waals surface area (Å²) in [6.45, 7) is 7.52. The third-order valence-corrected chi connectivity index (χ3v) is 8.64. The van der Waals surface area contributed by atoms with E-state index in [1.165, 1.54) is 0 Å². The first kappa shape index (κ1) is 24.3. The highest BCUT2D eigenvalue weighted by Gasteiger charge is 2.38. The number of rotatable bonds is 8. The number of benzene rings is 3. The van der Waals surface area contributed by atoms with Crippen molar-refractivity contribution in [3.63, 3.8) is 0 Å². The second kappa shape index (κ2) is 10.1. The number of ketones is 1. The first-order chi connectivity index (χ1) is 15.7. The van der Waals surface area contributed by atoms with Gasteiger partial charge in [-0.1, -0.05) is 66.7 Å². The van der Waals surface area contributed by atoms with Gasteiger partial charge in [-0.2, -0.15) is 0 Å². The summed E-state index contributed by atoms with van der Waals surface area (Å²) in [4.78, 5) is 38.5. The molecule has 0 unspecified atom stereocenters. The van der Waals surface area contributed by atoms with Crippen LogP contribution in [0.15, 0.2) is 66.7 Å². The Morgan fingerprint density at radius 3 is 1.82 bits per heavy atom. The maximum Gasteiger partial charge on any atom is 0.287 e. The molecule has 0 saturated carbocycles. The number of likely N-dealkylation sites (N-methyl/N-ethyl adjacent to an activating group) is 1. The van der Waals surface area contributed by atoms with Gasteiger partial charge in [0.15, 0.2) is 0 Å². The van der Waals surface area contributed by atoms with E-state index in [2.05, 4.69) is 5.32 Å². The smallest absolute Gasteiger partial charge is 0.287 e. The van der Waals surface area contributed by atoms with Crippen LogP contribution in [0.3, 0.4) is 0 Å². The zero-order chi connectivity index (χ0) is 24.2. The fourth-order valence-corrected chi connectivity index (χ4v) is 6.75. The number of amides is 1. The van der Waals surface area contributed by atoms with Gasteiger partial charge in [0.1, 0.15) is 0 Å². The fraction of sp³-hybridized carbons (Fsp3) is 0.222. The topological polar surface area (TPSA) is 80.3 Å². The summed E-state index contributed by atoms with van der Waals surface area (Å²) in [6.07, 6.45) is -0.120. The predicted octanol–water partition coefficient (Wildman–Crippen LogP) is 4.01. The standard InChI is InChI=1S/C27H28NO4P/c1-5-28-26(30)24(29)17-23-18(2)16-19(3)25(20(23)4)27(31)33(32,21-12-8-6-9-13-21)22-14-10-7-11-15-22/h6-16H,5,17H2,1-4H3,(H,28,30). The molecule has 0 spiro atoms. The van der Waals surface area contributed by atoms with Gasteiger partial charge in [0.25, 0.3) is 5.91 Å². The highest BCUT2D eigenvalue weighted by atomic mass is 31.2. The maximum atomic E-state index is 14.6. The minimum atomic E-state index is -3.69. The Kier molecular flexibility index (Phi) is 7.45. The van der Waals surface area contributed by atoms with Crippen LogP contribution in [0.2, 0.25) is 0 Å². The summed E-state index contributed by atoms with van der Waals surface area (Å²) in [5, 5.41) is 3.44. The lowest BCUT2D eigenvalue weighted by Gasteiger charge is -2.22. The molecule has 0 heterocycles. The van der Waals surface area contributed by atoms with Crippen molar-refractivity contribution in [1.82, 2.24) is 5.32 Å². The van der Waals surface area contributed by atoms with E-state index in [1.54, 1.807) is 62.4 Å². The Morgan fingerprint density at radius 1 is 0.818 bits per heavy atom. The van der Waals surface area contributed by atoms with Crippen LogP contribution in [0.1, 0.15) is 39.5 Å². The van der Waals surface area contributed by atoms with E-state index >= 15 is 0 Å². The summed E-state index contributed by atoms with van der Waals surface area (Å²) < 4.78 is 14.6. The van der Waals surface area contributed by atoms with Crippen LogP contribution < -0.4 is 15.9 Å². The molecule has 0 radical (unpaired) electrons. The highest BCUT2D eigenvalue weighted by molar-refractivity contribution is 7.93. The van der Waals surface area contributed by atoms with Crippen LogP contribution in [0.4, 0.5) is 0 Å². The lowest BCUT2D eigenvalue weighted by molar-refractivity contribution is -0.137. The zero-order valence-electron chi connectivity index (χ0n) is 19.3. The predicted molar refractivity (Wildman–Crippen MR) is 132 cm³/mol. The largest absolute Gasteiger partial charge is 0.350 e. The summed E-state index contributed by atoms with van der Waals surface area (Å²) in [5.74, 6) is -1.22. The van der Waals surface area contributed by atoms with E-state index in [0.717, 1.165) is 5.56 Å². The normalized spacial score (nSPS) is 11.2. The van der Waals surface area contributed by atoms with E-state index in [9.17, 15) is 18.9 Å². The molecule has 0 atom stereocenters. The second-order valence-corrected chi connectivity index (χ2v) is 10.7. The van der Waals surface area contributed by atoms with Crippen LogP contribution in [0.25, 0.3) is 0 Å². The highest BCUT2D eigenvalue weighted by Crippen LogP contribution is 2.48. The summed E-state index contributed by atoms with van der Waals surface area (Å²) in [7, 11) is -3.69. The third-order valence-electron chi connectivity index (χ3n) is 5.80. The first-order valence-corrected chi connectivity index (χ1v) is 12.6. The minimum Gasteiger partial charge on any atom is -0.350 e. The number of Topliss-reactive ketones (excluding diaryl/α,β-unsaturated/α-hetero) is 1. The number of hydrogen-bond donors (Lipinski definition) is 1. The SMILES string of the molecule is CCNC(=O)C(=O)Cc1c(C)cc(C)c(C(=O)P(=O)(c2ccccc2)c2ccccc2)c1C. The van der Waals surface area contributed by atoms with Gasteiger partial charge in [-0.3, -0.25) is 14.4 Å². The quantitative estimate of drug-likeness (QED) is 0.406. The van der Waals surface area contributed by atoms with E-state index in [-0.39, 0.29) is 6.42 Å². The van der Waals surface area contributed by atoms with Gasteiger partial charge < -0.3 is 9.88 Å². The average Bonchev–Trinajstić information content (AvgIpc) is 2.82. The van der Waals surface area contributed by atoms with Crippen molar-refractivity contribution in [2.75, 3.05) is 6.54 Å². The van der Waals surface area contributed by atoms with Crippen LogP contribution in [0, 0.1) is 20.8 Å². The van der Waals surface area contributed by atoms with Crippen molar-refractivity contribution in [3.05, 3.63) is 94.5 Å². The Balaban J connectivity index is 2.18. The molecule has 0 aliphatic heterocycles. The van der Waals surface area contributed by atoms with Crippen molar-refractivity contribution in [2.45, 2.75) is 34.1 Å². The molecular formula is C27H28NO4P. The third kappa shape index (κ3) is 4.74. The lowest BCUT2D eigenvalue weighted by atomic mass is 9.91. The van der Waals surface area contributed by atoms with Crippen molar-refractivity contribution in [1.29, 1.82) is 0 Å². The Hall–Kier alpha value is -3.30. The van der Waals surface area contributed by atoms with Crippen molar-refractivity contribution < 1.29 is 18.9 Å². The van der Waals surface area contributed by atoms with Crippen molar-refractivity contribution in [3.8, 4) is 0 Å². The summed E-state index contributed by atoms with van der Waals surface area (Å²) >= 11 is 0. The molecule has 5 nitrogen and oxygen atoms in total. The monoisotopic (exact) mass is 461 g/mol. The number of nitrogens with one attached hydrogen (secondary N) is 1. The lowest BCUT2D eigenvalue weighted by Crippen LogP contribution is -2.32. The number of hydrogen-bond acceptors (Lipinski definition) is 4. The van der Waals surface area contributed by atoms with E-state index < -0.39 is 24.4 Å². The molecule has 0 aliphatic carbocycles. The fourth-order valence-electron chi connectivity index (χ4n) is 4.14. The number of aryl methyl sites for hydroxylation is 2. The van der Waals surface area contributed by atoms with Crippen LogP contribution in [0.5, 0.6) is 0 Å². The molecule has 33 heavy (non-hydrogen) atoms. The molecule has 0 aromatic heterocycles. The molecule has 6 heteroatoms. The van der Waals surface area contributed by atoms with E-state index in [4.69, 9.17) is 0 Å². The van der Waals surface area contributed by atoms with E-state index in [0.29, 0.717) is 39.4 Å². The molecule has 1 N–H and O–H groups in total. The molecule has 170 valence electrons. The first-order valence-electron chi connectivity index (χ1n) is 10.9. The van der Waals surface area contributed by atoms with Crippen LogP contribution in [-0.4, -0.2) is 23.8 Å². The molecule has 0 fully saturated rings. The van der Waals surface area contributed by atoms with Gasteiger partial charge in [-0.05, 0) is 49.9 Å². The van der Waals surface area contributed by atoms with Crippen molar-refractivity contribution >= 4 is 35.0 Å².